The summed E-state index contributed by atoms with van der Waals surface area (Å²) < 4.78 is 5.10. The lowest BCUT2D eigenvalue weighted by molar-refractivity contribution is -0.210. The maximum absolute atomic E-state index is 12.2. The minimum atomic E-state index is -0.745. The van der Waals surface area contributed by atoms with E-state index in [4.69, 9.17) is 9.62 Å². The topological polar surface area (TPSA) is 90.9 Å². The third kappa shape index (κ3) is 6.82. The van der Waals surface area contributed by atoms with E-state index in [-0.39, 0.29) is 11.5 Å². The van der Waals surface area contributed by atoms with E-state index in [0.717, 1.165) is 0 Å². The van der Waals surface area contributed by atoms with E-state index in [9.17, 15) is 14.4 Å². The molecule has 126 valence electrons. The summed E-state index contributed by atoms with van der Waals surface area (Å²) in [6.07, 6.45) is -0.659. The lowest BCUT2D eigenvalue weighted by atomic mass is 10.1. The van der Waals surface area contributed by atoms with Gasteiger partial charge in [0.05, 0.1) is 6.04 Å². The highest BCUT2D eigenvalue weighted by atomic mass is 17.2. The number of hydrogen-bond acceptors (Lipinski definition) is 6. The molecule has 1 atom stereocenters. The average molecular weight is 323 g/mol. The molecule has 0 aliphatic rings. The third-order valence-corrected chi connectivity index (χ3v) is 2.52. The van der Waals surface area contributed by atoms with Gasteiger partial charge in [-0.15, -0.1) is 0 Å². The molecule has 7 nitrogen and oxygen atoms in total. The monoisotopic (exact) mass is 323 g/mol. The van der Waals surface area contributed by atoms with Crippen LogP contribution in [0.4, 0.5) is 4.79 Å². The Labute approximate surface area is 134 Å². The Morgan fingerprint density at radius 1 is 1.09 bits per heavy atom. The van der Waals surface area contributed by atoms with Gasteiger partial charge in [0.2, 0.25) is 0 Å². The summed E-state index contributed by atoms with van der Waals surface area (Å²) in [5.74, 6) is -0.584. The number of amides is 1. The predicted octanol–water partition coefficient (Wildman–Crippen LogP) is 2.64. The van der Waals surface area contributed by atoms with Crippen molar-refractivity contribution < 1.29 is 28.9 Å². The first-order chi connectivity index (χ1) is 10.6. The summed E-state index contributed by atoms with van der Waals surface area (Å²) in [6.45, 7) is 7.99. The molecule has 0 spiro atoms. The summed E-state index contributed by atoms with van der Waals surface area (Å²) in [7, 11) is 0. The molecule has 0 saturated carbocycles. The van der Waals surface area contributed by atoms with Gasteiger partial charge in [-0.2, -0.15) is 0 Å². The summed E-state index contributed by atoms with van der Waals surface area (Å²) in [5.41, 5.74) is -0.258. The van der Waals surface area contributed by atoms with Crippen molar-refractivity contribution in [3.63, 3.8) is 0 Å². The number of alkyl carbamates (subject to hydrolysis) is 1. The standard InChI is InChI=1S/C16H21NO6/c1-10(17-15(20)21-16(3,4)5)14(19)12-6-8-13(9-7-12)23-22-11(2)18/h6-10H,1-5H3,(H,17,20). The molecule has 1 N–H and O–H groups in total. The number of Topliss-reactive ketones (excluding diaryl/α,β-unsaturated/α-hetero) is 1. The quantitative estimate of drug-likeness (QED) is 0.509. The molecule has 0 fully saturated rings. The maximum Gasteiger partial charge on any atom is 0.408 e. The number of ketones is 1. The molecule has 1 rings (SSSR count). The lowest BCUT2D eigenvalue weighted by Gasteiger charge is -2.21. The molecule has 1 aromatic carbocycles. The predicted molar refractivity (Wildman–Crippen MR) is 82.0 cm³/mol. The van der Waals surface area contributed by atoms with Crippen LogP contribution in [0.1, 0.15) is 45.0 Å². The van der Waals surface area contributed by atoms with Crippen molar-refractivity contribution in [1.82, 2.24) is 5.32 Å². The Balaban J connectivity index is 2.62. The molecule has 0 saturated heterocycles. The zero-order valence-corrected chi connectivity index (χ0v) is 13.8. The Hall–Kier alpha value is -2.57. The van der Waals surface area contributed by atoms with Gasteiger partial charge in [-0.1, -0.05) is 0 Å². The van der Waals surface area contributed by atoms with Gasteiger partial charge >= 0.3 is 12.1 Å². The van der Waals surface area contributed by atoms with Crippen molar-refractivity contribution in [2.75, 3.05) is 0 Å². The Kier molecular flexibility index (Phi) is 6.12. The van der Waals surface area contributed by atoms with Gasteiger partial charge < -0.3 is 10.1 Å². The summed E-state index contributed by atoms with van der Waals surface area (Å²) in [5, 5.41) is 2.48. The molecule has 1 amide bonds. The van der Waals surface area contributed by atoms with Crippen LogP contribution in [-0.4, -0.2) is 29.5 Å². The van der Waals surface area contributed by atoms with Crippen LogP contribution in [0.25, 0.3) is 0 Å². The fourth-order valence-corrected chi connectivity index (χ4v) is 1.58. The number of carbonyl (C=O) groups is 3. The van der Waals surface area contributed by atoms with Crippen molar-refractivity contribution in [1.29, 1.82) is 0 Å². The van der Waals surface area contributed by atoms with E-state index in [1.165, 1.54) is 31.2 Å². The fraction of sp³-hybridized carbons (Fsp3) is 0.438. The SMILES string of the molecule is CC(=O)OOc1ccc(C(=O)C(C)NC(=O)OC(C)(C)C)cc1. The van der Waals surface area contributed by atoms with E-state index in [2.05, 4.69) is 10.2 Å². The molecule has 23 heavy (non-hydrogen) atoms. The number of hydrogen-bond donors (Lipinski definition) is 1. The molecule has 0 heterocycles. The van der Waals surface area contributed by atoms with Crippen molar-refractivity contribution in [2.45, 2.75) is 46.3 Å². The summed E-state index contributed by atoms with van der Waals surface area (Å²) in [6, 6.07) is 5.24. The second-order valence-corrected chi connectivity index (χ2v) is 5.91. The Morgan fingerprint density at radius 3 is 2.13 bits per heavy atom. The summed E-state index contributed by atoms with van der Waals surface area (Å²) >= 11 is 0. The van der Waals surface area contributed by atoms with Gasteiger partial charge in [0, 0.05) is 12.5 Å². The van der Waals surface area contributed by atoms with Gasteiger partial charge in [-0.05, 0) is 52.0 Å². The van der Waals surface area contributed by atoms with Crippen LogP contribution >= 0.6 is 0 Å². The van der Waals surface area contributed by atoms with Crippen LogP contribution in [-0.2, 0) is 14.4 Å². The van der Waals surface area contributed by atoms with Crippen LogP contribution in [0, 0.1) is 0 Å². The van der Waals surface area contributed by atoms with Crippen LogP contribution in [0.2, 0.25) is 0 Å². The van der Waals surface area contributed by atoms with Crippen LogP contribution < -0.4 is 10.2 Å². The zero-order chi connectivity index (χ0) is 17.6. The van der Waals surface area contributed by atoms with Crippen molar-refractivity contribution in [3.8, 4) is 5.75 Å². The first-order valence-corrected chi connectivity index (χ1v) is 7.07. The Morgan fingerprint density at radius 2 is 1.65 bits per heavy atom. The lowest BCUT2D eigenvalue weighted by Crippen LogP contribution is -2.41. The molecule has 7 heteroatoms. The maximum atomic E-state index is 12.2. The van der Waals surface area contributed by atoms with Crippen LogP contribution in [0.15, 0.2) is 24.3 Å². The minimum Gasteiger partial charge on any atom is -0.444 e. The van der Waals surface area contributed by atoms with E-state index in [1.54, 1.807) is 27.7 Å². The molecule has 0 radical (unpaired) electrons. The molecular formula is C16H21NO6. The molecule has 0 aliphatic heterocycles. The number of nitrogens with one attached hydrogen (secondary N) is 1. The number of rotatable bonds is 5. The zero-order valence-electron chi connectivity index (χ0n) is 13.8. The minimum absolute atomic E-state index is 0.282. The first kappa shape index (κ1) is 18.5. The second-order valence-electron chi connectivity index (χ2n) is 5.91. The van der Waals surface area contributed by atoms with Gasteiger partial charge in [0.15, 0.2) is 11.5 Å². The second kappa shape index (κ2) is 7.62. The number of ether oxygens (including phenoxy) is 1. The van der Waals surface area contributed by atoms with Crippen LogP contribution in [0.5, 0.6) is 5.75 Å². The molecule has 0 aliphatic carbocycles. The van der Waals surface area contributed by atoms with Crippen molar-refractivity contribution in [3.05, 3.63) is 29.8 Å². The summed E-state index contributed by atoms with van der Waals surface area (Å²) in [4.78, 5) is 43.6. The molecule has 0 aromatic heterocycles. The van der Waals surface area contributed by atoms with Gasteiger partial charge in [0.1, 0.15) is 5.60 Å². The Bertz CT molecular complexity index is 573. The highest BCUT2D eigenvalue weighted by Gasteiger charge is 2.21. The van der Waals surface area contributed by atoms with Crippen molar-refractivity contribution >= 4 is 17.8 Å². The number of carbonyl (C=O) groups excluding carboxylic acids is 3. The molecular weight excluding hydrogens is 302 g/mol. The highest BCUT2D eigenvalue weighted by Crippen LogP contribution is 2.14. The van der Waals surface area contributed by atoms with Gasteiger partial charge in [-0.25, -0.2) is 9.59 Å². The smallest absolute Gasteiger partial charge is 0.408 e. The fourth-order valence-electron chi connectivity index (χ4n) is 1.58. The van der Waals surface area contributed by atoms with Gasteiger partial charge in [-0.3, -0.25) is 14.6 Å². The molecule has 0 bridgehead atoms. The van der Waals surface area contributed by atoms with E-state index in [0.29, 0.717) is 5.56 Å². The van der Waals surface area contributed by atoms with Crippen molar-refractivity contribution in [2.24, 2.45) is 0 Å². The third-order valence-electron chi connectivity index (χ3n) is 2.52. The molecule has 1 unspecified atom stereocenters. The van der Waals surface area contributed by atoms with E-state index < -0.39 is 23.7 Å². The first-order valence-electron chi connectivity index (χ1n) is 7.07. The normalized spacial score (nSPS) is 12.0. The van der Waals surface area contributed by atoms with Crippen LogP contribution in [0.3, 0.4) is 0 Å². The molecule has 1 aromatic rings. The largest absolute Gasteiger partial charge is 0.444 e. The highest BCUT2D eigenvalue weighted by molar-refractivity contribution is 6.01. The average Bonchev–Trinajstić information content (AvgIpc) is 2.42. The number of benzene rings is 1. The van der Waals surface area contributed by atoms with Gasteiger partial charge in [0.25, 0.3) is 0 Å². The van der Waals surface area contributed by atoms with E-state index >= 15 is 0 Å². The van der Waals surface area contributed by atoms with E-state index in [1.807, 2.05) is 0 Å².